The molecule has 4 rings (SSSR count). The largest absolute Gasteiger partial charge is 0.495 e. The van der Waals surface area contributed by atoms with Crippen LogP contribution in [0, 0.1) is 6.92 Å². The Labute approximate surface area is 221 Å². The van der Waals surface area contributed by atoms with Gasteiger partial charge in [-0.15, -0.1) is 0 Å². The maximum Gasteiger partial charge on any atom is 0.335 e. The van der Waals surface area contributed by atoms with Gasteiger partial charge in [0.1, 0.15) is 5.75 Å². The molecule has 38 heavy (non-hydrogen) atoms. The highest BCUT2D eigenvalue weighted by Crippen LogP contribution is 2.27. The maximum atomic E-state index is 13.2. The van der Waals surface area contributed by atoms with Gasteiger partial charge in [0.15, 0.2) is 0 Å². The lowest BCUT2D eigenvalue weighted by atomic mass is 10.0. The van der Waals surface area contributed by atoms with Crippen LogP contribution in [0.5, 0.6) is 5.75 Å². The predicted molar refractivity (Wildman–Crippen MR) is 148 cm³/mol. The Morgan fingerprint density at radius 3 is 2.55 bits per heavy atom. The number of amides is 3. The summed E-state index contributed by atoms with van der Waals surface area (Å²) in [6.45, 7) is 2.46. The molecule has 0 spiro atoms. The summed E-state index contributed by atoms with van der Waals surface area (Å²) in [6.07, 6.45) is 5.96. The number of aryl methyl sites for hydroxylation is 1. The van der Waals surface area contributed by atoms with E-state index in [0.717, 1.165) is 24.0 Å². The van der Waals surface area contributed by atoms with Crippen LogP contribution in [0.1, 0.15) is 39.9 Å². The number of urea groups is 1. The van der Waals surface area contributed by atoms with Crippen LogP contribution in [0.2, 0.25) is 0 Å². The third-order valence-electron chi connectivity index (χ3n) is 6.51. The Hall–Kier alpha value is -4.59. The lowest BCUT2D eigenvalue weighted by molar-refractivity contribution is -0.130. The summed E-state index contributed by atoms with van der Waals surface area (Å²) in [6, 6.07) is 19.2. The second-order valence-electron chi connectivity index (χ2n) is 9.19. The first-order chi connectivity index (χ1) is 18.3. The first-order valence-electron chi connectivity index (χ1n) is 12.5. The van der Waals surface area contributed by atoms with E-state index in [1.807, 2.05) is 47.4 Å². The summed E-state index contributed by atoms with van der Waals surface area (Å²) in [5.41, 5.74) is 3.85. The smallest absolute Gasteiger partial charge is 0.335 e. The Bertz CT molecular complexity index is 1350. The van der Waals surface area contributed by atoms with Crippen molar-refractivity contribution in [1.29, 1.82) is 0 Å². The molecule has 1 atom stereocenters. The summed E-state index contributed by atoms with van der Waals surface area (Å²) in [5, 5.41) is 14.8. The number of aromatic carboxylic acids is 1. The van der Waals surface area contributed by atoms with Gasteiger partial charge in [-0.25, -0.2) is 9.59 Å². The second-order valence-corrected chi connectivity index (χ2v) is 9.19. The van der Waals surface area contributed by atoms with Gasteiger partial charge >= 0.3 is 12.0 Å². The van der Waals surface area contributed by atoms with Crippen LogP contribution >= 0.6 is 0 Å². The van der Waals surface area contributed by atoms with Crippen molar-refractivity contribution in [3.05, 3.63) is 95.1 Å². The molecule has 0 saturated carbocycles. The number of hydrogen-bond donors (Lipinski definition) is 3. The number of nitrogens with one attached hydrogen (secondary N) is 2. The molecule has 0 radical (unpaired) electrons. The number of methoxy groups -OCH3 is 1. The van der Waals surface area contributed by atoms with Gasteiger partial charge in [0, 0.05) is 12.2 Å². The van der Waals surface area contributed by atoms with E-state index in [0.29, 0.717) is 29.2 Å². The minimum Gasteiger partial charge on any atom is -0.495 e. The van der Waals surface area contributed by atoms with Crippen molar-refractivity contribution >= 4 is 35.4 Å². The molecule has 3 aromatic carbocycles. The molecule has 1 saturated heterocycles. The minimum atomic E-state index is -0.943. The molecular formula is C30H31N3O5. The van der Waals surface area contributed by atoms with Crippen LogP contribution in [0.25, 0.3) is 6.08 Å². The number of hydrogen-bond acceptors (Lipinski definition) is 4. The van der Waals surface area contributed by atoms with Crippen LogP contribution in [0.15, 0.2) is 72.8 Å². The average Bonchev–Trinajstić information content (AvgIpc) is 3.37. The molecule has 3 N–H and O–H groups in total. The normalized spacial score (nSPS) is 14.9. The van der Waals surface area contributed by atoms with Gasteiger partial charge in [-0.3, -0.25) is 4.79 Å². The van der Waals surface area contributed by atoms with Gasteiger partial charge in [-0.1, -0.05) is 48.6 Å². The van der Waals surface area contributed by atoms with Gasteiger partial charge in [0.05, 0.1) is 30.8 Å². The van der Waals surface area contributed by atoms with Gasteiger partial charge in [0.2, 0.25) is 5.91 Å². The van der Waals surface area contributed by atoms with Crippen molar-refractivity contribution in [1.82, 2.24) is 4.90 Å². The van der Waals surface area contributed by atoms with Crippen molar-refractivity contribution < 1.29 is 24.2 Å². The Morgan fingerprint density at radius 1 is 1.05 bits per heavy atom. The van der Waals surface area contributed by atoms with Crippen LogP contribution < -0.4 is 15.4 Å². The van der Waals surface area contributed by atoms with Crippen LogP contribution in [-0.2, 0) is 11.2 Å². The van der Waals surface area contributed by atoms with E-state index in [1.54, 1.807) is 43.3 Å². The molecule has 1 aliphatic heterocycles. The number of rotatable bonds is 8. The molecule has 1 aliphatic rings. The van der Waals surface area contributed by atoms with E-state index < -0.39 is 12.0 Å². The number of carboxylic acids is 1. The lowest BCUT2D eigenvalue weighted by Crippen LogP contribution is -2.35. The fourth-order valence-corrected chi connectivity index (χ4v) is 4.59. The summed E-state index contributed by atoms with van der Waals surface area (Å²) >= 11 is 0. The number of likely N-dealkylation sites (tertiary alicyclic amines) is 1. The molecule has 196 valence electrons. The van der Waals surface area contributed by atoms with E-state index in [-0.39, 0.29) is 23.9 Å². The van der Waals surface area contributed by atoms with Crippen molar-refractivity contribution in [2.45, 2.75) is 32.2 Å². The number of nitrogens with zero attached hydrogens (tertiary/aromatic N) is 1. The van der Waals surface area contributed by atoms with E-state index in [9.17, 15) is 19.5 Å². The predicted octanol–water partition coefficient (Wildman–Crippen LogP) is 5.59. The molecule has 1 heterocycles. The first-order valence-corrected chi connectivity index (χ1v) is 12.5. The van der Waals surface area contributed by atoms with Crippen LogP contribution in [0.4, 0.5) is 16.2 Å². The fraction of sp³-hybridized carbons (Fsp3) is 0.233. The Morgan fingerprint density at radius 2 is 1.84 bits per heavy atom. The second kappa shape index (κ2) is 12.1. The third kappa shape index (κ3) is 6.59. The maximum absolute atomic E-state index is 13.2. The Balaban J connectivity index is 1.39. The van der Waals surface area contributed by atoms with E-state index in [2.05, 4.69) is 10.6 Å². The van der Waals surface area contributed by atoms with Gasteiger partial charge in [-0.2, -0.15) is 0 Å². The summed E-state index contributed by atoms with van der Waals surface area (Å²) in [4.78, 5) is 38.7. The molecule has 3 amide bonds. The molecule has 8 nitrogen and oxygen atoms in total. The molecule has 0 aliphatic carbocycles. The molecule has 8 heteroatoms. The minimum absolute atomic E-state index is 0.0131. The molecule has 0 bridgehead atoms. The fourth-order valence-electron chi connectivity index (χ4n) is 4.59. The number of benzene rings is 3. The number of ether oxygens (including phenoxy) is 1. The monoisotopic (exact) mass is 513 g/mol. The SMILES string of the molecule is COc1cc(CC(=O)N2CCCC2C=Cc2ccc(C(=O)O)c(C)c2)ccc1NC(=O)Nc1ccccc1. The average molecular weight is 514 g/mol. The Kier molecular flexibility index (Phi) is 8.43. The van der Waals surface area contributed by atoms with Gasteiger partial charge in [0.25, 0.3) is 0 Å². The van der Waals surface area contributed by atoms with Gasteiger partial charge in [-0.05, 0) is 66.8 Å². The zero-order valence-corrected chi connectivity index (χ0v) is 21.4. The summed E-state index contributed by atoms with van der Waals surface area (Å²) in [7, 11) is 1.52. The van der Waals surface area contributed by atoms with E-state index in [4.69, 9.17) is 4.74 Å². The highest BCUT2D eigenvalue weighted by molar-refractivity contribution is 6.00. The van der Waals surface area contributed by atoms with Crippen molar-refractivity contribution in [3.63, 3.8) is 0 Å². The van der Waals surface area contributed by atoms with Crippen LogP contribution in [-0.4, -0.2) is 47.6 Å². The summed E-state index contributed by atoms with van der Waals surface area (Å²) < 4.78 is 5.47. The number of carboxylic acid groups (broad SMARTS) is 1. The number of carbonyl (C=O) groups excluding carboxylic acids is 2. The molecule has 1 fully saturated rings. The highest BCUT2D eigenvalue weighted by Gasteiger charge is 2.27. The topological polar surface area (TPSA) is 108 Å². The molecule has 0 aromatic heterocycles. The van der Waals surface area contributed by atoms with Crippen molar-refractivity contribution in [2.24, 2.45) is 0 Å². The lowest BCUT2D eigenvalue weighted by Gasteiger charge is -2.22. The van der Waals surface area contributed by atoms with Crippen LogP contribution in [0.3, 0.4) is 0 Å². The first kappa shape index (κ1) is 26.5. The zero-order chi connectivity index (χ0) is 27.1. The molecule has 3 aromatic rings. The number of carbonyl (C=O) groups is 3. The quantitative estimate of drug-likeness (QED) is 0.364. The summed E-state index contributed by atoms with van der Waals surface area (Å²) in [5.74, 6) is -0.461. The highest BCUT2D eigenvalue weighted by atomic mass is 16.5. The van der Waals surface area contributed by atoms with Gasteiger partial charge < -0.3 is 25.4 Å². The molecule has 1 unspecified atom stereocenters. The number of para-hydroxylation sites is 1. The van der Waals surface area contributed by atoms with E-state index in [1.165, 1.54) is 7.11 Å². The molecular weight excluding hydrogens is 482 g/mol. The zero-order valence-electron chi connectivity index (χ0n) is 21.4. The van der Waals surface area contributed by atoms with E-state index >= 15 is 0 Å². The number of anilines is 2. The standard InChI is InChI=1S/C30H31N3O5/c1-20-17-21(11-14-25(20)29(35)36)10-13-24-9-6-16-33(24)28(34)19-22-12-15-26(27(18-22)38-2)32-30(37)31-23-7-4-3-5-8-23/h3-5,7-8,10-15,17-18,24H,6,9,16,19H2,1-2H3,(H,35,36)(H2,31,32,37). The third-order valence-corrected chi connectivity index (χ3v) is 6.51. The van der Waals surface area contributed by atoms with Crippen molar-refractivity contribution in [2.75, 3.05) is 24.3 Å². The van der Waals surface area contributed by atoms with Crippen molar-refractivity contribution in [3.8, 4) is 5.75 Å².